The van der Waals surface area contributed by atoms with Crippen LogP contribution in [0.4, 0.5) is 26.1 Å². The van der Waals surface area contributed by atoms with Crippen molar-refractivity contribution >= 4 is 17.3 Å². The molecule has 0 spiro atoms. The number of ether oxygens (including phenoxy) is 1. The van der Waals surface area contributed by atoms with E-state index >= 15 is 0 Å². The third-order valence-electron chi connectivity index (χ3n) is 4.34. The minimum Gasteiger partial charge on any atom is -0.494 e. The van der Waals surface area contributed by atoms with Gasteiger partial charge in [-0.3, -0.25) is 10.1 Å². The van der Waals surface area contributed by atoms with E-state index in [4.69, 9.17) is 4.74 Å². The van der Waals surface area contributed by atoms with Crippen LogP contribution in [0.5, 0.6) is 5.75 Å². The van der Waals surface area contributed by atoms with Crippen molar-refractivity contribution in [3.8, 4) is 28.5 Å². The number of imidazole rings is 1. The molecule has 0 unspecified atom stereocenters. The smallest absolute Gasteiger partial charge is 0.307 e. The Hall–Kier alpha value is -4.41. The number of rotatable bonds is 6. The molecule has 156 valence electrons. The molecule has 0 atom stereocenters. The van der Waals surface area contributed by atoms with Crippen molar-refractivity contribution in [3.63, 3.8) is 0 Å². The normalized spacial score (nSPS) is 10.7. The summed E-state index contributed by atoms with van der Waals surface area (Å²) in [6.45, 7) is 0. The standard InChI is InChI=1S/C20H14F2N6O3/c1-31-18-8-13(22)17(28(29)30)9-15(18)27-20-23-7-6-14(26-20)19-24-10-16(25-19)11-2-4-12(21)5-3-11/h2-10H,1H3,(H,24,25)(H,23,26,27). The molecule has 0 aliphatic rings. The molecule has 0 saturated heterocycles. The van der Waals surface area contributed by atoms with Crippen LogP contribution in [0.15, 0.2) is 54.9 Å². The number of nitrogens with zero attached hydrogens (tertiary/aromatic N) is 4. The molecule has 0 amide bonds. The van der Waals surface area contributed by atoms with E-state index in [0.29, 0.717) is 17.2 Å². The van der Waals surface area contributed by atoms with Crippen molar-refractivity contribution in [1.29, 1.82) is 0 Å². The molecule has 0 saturated carbocycles. The van der Waals surface area contributed by atoms with Crippen LogP contribution >= 0.6 is 0 Å². The van der Waals surface area contributed by atoms with Crippen LogP contribution in [0, 0.1) is 21.7 Å². The van der Waals surface area contributed by atoms with E-state index in [2.05, 4.69) is 25.3 Å². The summed E-state index contributed by atoms with van der Waals surface area (Å²) in [7, 11) is 1.31. The lowest BCUT2D eigenvalue weighted by Gasteiger charge is -2.10. The molecule has 31 heavy (non-hydrogen) atoms. The van der Waals surface area contributed by atoms with Gasteiger partial charge in [0.25, 0.3) is 0 Å². The van der Waals surface area contributed by atoms with Crippen LogP contribution in [0.2, 0.25) is 0 Å². The molecule has 4 rings (SSSR count). The predicted octanol–water partition coefficient (Wildman–Crippen LogP) is 4.47. The number of halogens is 2. The fourth-order valence-electron chi connectivity index (χ4n) is 2.85. The van der Waals surface area contributed by atoms with E-state index in [-0.39, 0.29) is 23.2 Å². The number of nitrogens with one attached hydrogen (secondary N) is 2. The van der Waals surface area contributed by atoms with E-state index in [1.807, 2.05) is 0 Å². The molecule has 0 aliphatic heterocycles. The topological polar surface area (TPSA) is 119 Å². The molecule has 2 aromatic heterocycles. The predicted molar refractivity (Wildman–Crippen MR) is 108 cm³/mol. The minimum atomic E-state index is -1.02. The SMILES string of the molecule is COc1cc(F)c([N+](=O)[O-])cc1Nc1nccc(-c2ncc(-c3ccc(F)cc3)[nH]2)n1. The Kier molecular flexibility index (Phi) is 5.22. The van der Waals surface area contributed by atoms with Gasteiger partial charge >= 0.3 is 5.69 Å². The van der Waals surface area contributed by atoms with Gasteiger partial charge < -0.3 is 15.0 Å². The summed E-state index contributed by atoms with van der Waals surface area (Å²) in [5.41, 5.74) is 1.25. The first-order valence-corrected chi connectivity index (χ1v) is 8.88. The molecule has 2 N–H and O–H groups in total. The van der Waals surface area contributed by atoms with Gasteiger partial charge in [-0.15, -0.1) is 0 Å². The van der Waals surface area contributed by atoms with E-state index in [1.165, 1.54) is 25.4 Å². The van der Waals surface area contributed by atoms with Crippen LogP contribution < -0.4 is 10.1 Å². The zero-order valence-corrected chi connectivity index (χ0v) is 16.0. The first-order valence-electron chi connectivity index (χ1n) is 8.88. The summed E-state index contributed by atoms with van der Waals surface area (Å²) in [6, 6.07) is 9.45. The van der Waals surface area contributed by atoms with Gasteiger partial charge in [0, 0.05) is 18.3 Å². The number of hydrogen-bond donors (Lipinski definition) is 2. The number of H-pyrrole nitrogens is 1. The van der Waals surface area contributed by atoms with E-state index in [9.17, 15) is 18.9 Å². The van der Waals surface area contributed by atoms with Crippen molar-refractivity contribution in [2.24, 2.45) is 0 Å². The van der Waals surface area contributed by atoms with Gasteiger partial charge in [0.15, 0.2) is 5.82 Å². The Labute approximate surface area is 173 Å². The maximum Gasteiger partial charge on any atom is 0.307 e. The van der Waals surface area contributed by atoms with E-state index < -0.39 is 16.4 Å². The fraction of sp³-hybridized carbons (Fsp3) is 0.0500. The fourth-order valence-corrected chi connectivity index (χ4v) is 2.85. The number of benzene rings is 2. The molecule has 11 heteroatoms. The van der Waals surface area contributed by atoms with Crippen LogP contribution in [0.3, 0.4) is 0 Å². The third-order valence-corrected chi connectivity index (χ3v) is 4.34. The van der Waals surface area contributed by atoms with Gasteiger partial charge in [0.1, 0.15) is 17.3 Å². The largest absolute Gasteiger partial charge is 0.494 e. The third kappa shape index (κ3) is 4.15. The molecule has 2 aromatic carbocycles. The molecular weight excluding hydrogens is 410 g/mol. The lowest BCUT2D eigenvalue weighted by Crippen LogP contribution is -2.02. The highest BCUT2D eigenvalue weighted by molar-refractivity contribution is 5.68. The van der Waals surface area contributed by atoms with Crippen LogP contribution in [-0.2, 0) is 0 Å². The minimum absolute atomic E-state index is 0.0497. The molecule has 9 nitrogen and oxygen atoms in total. The molecular formula is C20H14F2N6O3. The number of nitro groups is 1. The molecule has 0 bridgehead atoms. The average Bonchev–Trinajstić information content (AvgIpc) is 3.25. The zero-order valence-electron chi connectivity index (χ0n) is 16.0. The summed E-state index contributed by atoms with van der Waals surface area (Å²) in [6.07, 6.45) is 3.05. The Morgan fingerprint density at radius 2 is 1.90 bits per heavy atom. The second kappa shape index (κ2) is 8.14. The van der Waals surface area contributed by atoms with Crippen molar-refractivity contribution in [2.75, 3.05) is 12.4 Å². The first-order chi connectivity index (χ1) is 14.9. The number of hydrogen-bond acceptors (Lipinski definition) is 7. The Balaban J connectivity index is 1.63. The highest BCUT2D eigenvalue weighted by Crippen LogP contribution is 2.33. The lowest BCUT2D eigenvalue weighted by atomic mass is 10.2. The van der Waals surface area contributed by atoms with Gasteiger partial charge in [0.05, 0.1) is 29.6 Å². The maximum atomic E-state index is 13.8. The van der Waals surface area contributed by atoms with Crippen molar-refractivity contribution in [1.82, 2.24) is 19.9 Å². The molecule has 0 fully saturated rings. The monoisotopic (exact) mass is 424 g/mol. The van der Waals surface area contributed by atoms with Gasteiger partial charge in [-0.2, -0.15) is 4.39 Å². The molecule has 0 aliphatic carbocycles. The summed E-state index contributed by atoms with van der Waals surface area (Å²) in [4.78, 5) is 26.0. The van der Waals surface area contributed by atoms with Gasteiger partial charge in [-0.05, 0) is 35.9 Å². The summed E-state index contributed by atoms with van der Waals surface area (Å²) in [5, 5.41) is 13.8. The first kappa shape index (κ1) is 19.9. The molecule has 2 heterocycles. The molecule has 4 aromatic rings. The second-order valence-electron chi connectivity index (χ2n) is 6.30. The summed E-state index contributed by atoms with van der Waals surface area (Å²) in [5.74, 6) is -0.788. The number of aromatic amines is 1. The van der Waals surface area contributed by atoms with E-state index in [1.54, 1.807) is 24.4 Å². The summed E-state index contributed by atoms with van der Waals surface area (Å²) < 4.78 is 32.0. The Morgan fingerprint density at radius 3 is 2.61 bits per heavy atom. The Morgan fingerprint density at radius 1 is 1.13 bits per heavy atom. The highest BCUT2D eigenvalue weighted by atomic mass is 19.1. The van der Waals surface area contributed by atoms with Gasteiger partial charge in [0.2, 0.25) is 11.8 Å². The highest BCUT2D eigenvalue weighted by Gasteiger charge is 2.20. The lowest BCUT2D eigenvalue weighted by molar-refractivity contribution is -0.387. The van der Waals surface area contributed by atoms with Crippen molar-refractivity contribution in [2.45, 2.75) is 0 Å². The maximum absolute atomic E-state index is 13.8. The van der Waals surface area contributed by atoms with Crippen LogP contribution in [0.25, 0.3) is 22.8 Å². The summed E-state index contributed by atoms with van der Waals surface area (Å²) >= 11 is 0. The average molecular weight is 424 g/mol. The van der Waals surface area contributed by atoms with Gasteiger partial charge in [-0.25, -0.2) is 19.3 Å². The Bertz CT molecular complexity index is 1260. The quantitative estimate of drug-likeness (QED) is 0.346. The number of aromatic nitrogens is 4. The van der Waals surface area contributed by atoms with E-state index in [0.717, 1.165) is 17.7 Å². The van der Waals surface area contributed by atoms with Crippen molar-refractivity contribution < 1.29 is 18.4 Å². The number of methoxy groups -OCH3 is 1. The van der Waals surface area contributed by atoms with Crippen LogP contribution in [0.1, 0.15) is 0 Å². The van der Waals surface area contributed by atoms with Crippen LogP contribution in [-0.4, -0.2) is 32.0 Å². The van der Waals surface area contributed by atoms with Crippen molar-refractivity contribution in [3.05, 3.63) is 76.6 Å². The number of nitro benzene ring substituents is 1. The molecule has 0 radical (unpaired) electrons. The van der Waals surface area contributed by atoms with Gasteiger partial charge in [-0.1, -0.05) is 0 Å². The number of anilines is 2. The zero-order chi connectivity index (χ0) is 22.0. The second-order valence-corrected chi connectivity index (χ2v) is 6.30.